The van der Waals surface area contributed by atoms with E-state index in [0.29, 0.717) is 12.5 Å². The summed E-state index contributed by atoms with van der Waals surface area (Å²) in [5, 5.41) is 0. The van der Waals surface area contributed by atoms with E-state index in [1.807, 2.05) is 0 Å². The Labute approximate surface area is 103 Å². The van der Waals surface area contributed by atoms with Crippen LogP contribution < -0.4 is 11.9 Å². The van der Waals surface area contributed by atoms with Gasteiger partial charge in [-0.1, -0.05) is 27.7 Å². The molecule has 1 aliphatic heterocycles. The highest BCUT2D eigenvalue weighted by Gasteiger charge is 2.38. The Balaban J connectivity index is 0.00000256. The minimum absolute atomic E-state index is 0. The van der Waals surface area contributed by atoms with Crippen molar-refractivity contribution in [1.29, 1.82) is 0 Å². The molecule has 0 aromatic rings. The van der Waals surface area contributed by atoms with Gasteiger partial charge in [0, 0.05) is 12.6 Å². The molecule has 5 N–H and O–H groups in total. The third-order valence-electron chi connectivity index (χ3n) is 3.29. The van der Waals surface area contributed by atoms with Crippen LogP contribution in [0.4, 0.5) is 0 Å². The molecule has 0 aromatic carbocycles. The number of carbonyl (C=O) groups is 2. The van der Waals surface area contributed by atoms with E-state index in [1.54, 1.807) is 4.90 Å². The fourth-order valence-corrected chi connectivity index (χ4v) is 2.42. The van der Waals surface area contributed by atoms with Gasteiger partial charge < -0.3 is 16.8 Å². The van der Waals surface area contributed by atoms with E-state index in [1.165, 1.54) is 0 Å². The van der Waals surface area contributed by atoms with Crippen LogP contribution in [0.25, 0.3) is 0 Å². The number of carbonyl (C=O) groups excluding carboxylic acids is 2. The summed E-state index contributed by atoms with van der Waals surface area (Å²) in [6.45, 7) is 9.02. The topological polar surface area (TPSA) is 98.4 Å². The molecule has 17 heavy (non-hydrogen) atoms. The molecule has 5 nitrogen and oxygen atoms in total. The first-order valence-electron chi connectivity index (χ1n) is 5.84. The van der Waals surface area contributed by atoms with Gasteiger partial charge in [0.15, 0.2) is 0 Å². The zero-order valence-corrected chi connectivity index (χ0v) is 11.3. The van der Waals surface area contributed by atoms with Crippen LogP contribution in [-0.2, 0) is 9.59 Å². The van der Waals surface area contributed by atoms with Crippen LogP contribution in [0.5, 0.6) is 0 Å². The lowest BCUT2D eigenvalue weighted by atomic mass is 9.78. The molecule has 2 atom stereocenters. The molecule has 1 rings (SSSR count). The van der Waals surface area contributed by atoms with Crippen LogP contribution in [0.2, 0.25) is 0 Å². The standard InChI is InChI=1S/C12H22N2O2.H3N/c1-8-5-6-9(12(2,3)4)14(7-8)11(16)10(13)15;/h8-9H,5-7H2,1-4H3,(H2,13,15);1H3/t8-,9+;/m0./s1. The summed E-state index contributed by atoms with van der Waals surface area (Å²) >= 11 is 0. The molecule has 0 bridgehead atoms. The fraction of sp³-hybridized carbons (Fsp3) is 0.833. The molecule has 2 amide bonds. The normalized spacial score (nSPS) is 25.1. The zero-order valence-electron chi connectivity index (χ0n) is 11.3. The van der Waals surface area contributed by atoms with Gasteiger partial charge in [0.05, 0.1) is 0 Å². The molecule has 0 spiro atoms. The van der Waals surface area contributed by atoms with Crippen LogP contribution in [-0.4, -0.2) is 29.3 Å². The van der Waals surface area contributed by atoms with Gasteiger partial charge in [0.2, 0.25) is 0 Å². The molecule has 1 saturated heterocycles. The van der Waals surface area contributed by atoms with Crippen molar-refractivity contribution >= 4 is 11.8 Å². The molecule has 0 aromatic heterocycles. The van der Waals surface area contributed by atoms with E-state index in [-0.39, 0.29) is 17.6 Å². The van der Waals surface area contributed by atoms with Gasteiger partial charge in [-0.3, -0.25) is 9.59 Å². The summed E-state index contributed by atoms with van der Waals surface area (Å²) < 4.78 is 0. The van der Waals surface area contributed by atoms with Crippen molar-refractivity contribution in [3.63, 3.8) is 0 Å². The summed E-state index contributed by atoms with van der Waals surface area (Å²) in [7, 11) is 0. The predicted octanol–water partition coefficient (Wildman–Crippen LogP) is 1.31. The highest BCUT2D eigenvalue weighted by atomic mass is 16.2. The molecule has 1 fully saturated rings. The first-order chi connectivity index (χ1) is 7.23. The largest absolute Gasteiger partial charge is 0.361 e. The highest BCUT2D eigenvalue weighted by molar-refractivity contribution is 6.34. The number of likely N-dealkylation sites (tertiary alicyclic amines) is 1. The Bertz CT molecular complexity index is 297. The van der Waals surface area contributed by atoms with E-state index in [9.17, 15) is 9.59 Å². The fourth-order valence-electron chi connectivity index (χ4n) is 2.42. The number of hydrogen-bond acceptors (Lipinski definition) is 3. The smallest absolute Gasteiger partial charge is 0.311 e. The molecule has 0 aliphatic carbocycles. The van der Waals surface area contributed by atoms with Gasteiger partial charge >= 0.3 is 11.8 Å². The Hall–Kier alpha value is -1.10. The van der Waals surface area contributed by atoms with Crippen LogP contribution in [0.1, 0.15) is 40.5 Å². The molecule has 5 heteroatoms. The predicted molar refractivity (Wildman–Crippen MR) is 67.6 cm³/mol. The van der Waals surface area contributed by atoms with Crippen molar-refractivity contribution < 1.29 is 9.59 Å². The Morgan fingerprint density at radius 3 is 2.18 bits per heavy atom. The third kappa shape index (κ3) is 3.70. The second kappa shape index (κ2) is 5.49. The van der Waals surface area contributed by atoms with Gasteiger partial charge in [-0.05, 0) is 24.2 Å². The quantitative estimate of drug-likeness (QED) is 0.627. The average molecular weight is 243 g/mol. The number of nitrogens with zero attached hydrogens (tertiary/aromatic N) is 1. The first kappa shape index (κ1) is 15.9. The summed E-state index contributed by atoms with van der Waals surface area (Å²) in [6, 6.07) is 0.115. The van der Waals surface area contributed by atoms with E-state index >= 15 is 0 Å². The van der Waals surface area contributed by atoms with Crippen LogP contribution in [0.15, 0.2) is 0 Å². The van der Waals surface area contributed by atoms with Crippen LogP contribution in [0, 0.1) is 11.3 Å². The van der Waals surface area contributed by atoms with Crippen molar-refractivity contribution in [2.45, 2.75) is 46.6 Å². The van der Waals surface area contributed by atoms with Gasteiger partial charge in [0.25, 0.3) is 0 Å². The molecule has 100 valence electrons. The van der Waals surface area contributed by atoms with Crippen LogP contribution in [0.3, 0.4) is 0 Å². The lowest BCUT2D eigenvalue weighted by Crippen LogP contribution is -2.55. The van der Waals surface area contributed by atoms with Crippen molar-refractivity contribution in [2.24, 2.45) is 17.1 Å². The van der Waals surface area contributed by atoms with Crippen molar-refractivity contribution in [2.75, 3.05) is 6.54 Å². The minimum atomic E-state index is -0.844. The third-order valence-corrected chi connectivity index (χ3v) is 3.29. The van der Waals surface area contributed by atoms with Gasteiger partial charge in [-0.15, -0.1) is 0 Å². The Kier molecular flexibility index (Phi) is 5.13. The maximum absolute atomic E-state index is 11.8. The maximum Gasteiger partial charge on any atom is 0.311 e. The molecule has 1 heterocycles. The van der Waals surface area contributed by atoms with Crippen molar-refractivity contribution in [3.05, 3.63) is 0 Å². The van der Waals surface area contributed by atoms with E-state index in [4.69, 9.17) is 5.73 Å². The van der Waals surface area contributed by atoms with E-state index in [2.05, 4.69) is 27.7 Å². The summed E-state index contributed by atoms with van der Waals surface area (Å²) in [6.07, 6.45) is 2.05. The second-order valence-corrected chi connectivity index (χ2v) is 5.89. The Morgan fingerprint density at radius 1 is 1.24 bits per heavy atom. The minimum Gasteiger partial charge on any atom is -0.361 e. The molecular formula is C12H25N3O2. The van der Waals surface area contributed by atoms with Crippen LogP contribution >= 0.6 is 0 Å². The molecule has 0 saturated carbocycles. The number of hydrogen-bond donors (Lipinski definition) is 2. The molecule has 0 unspecified atom stereocenters. The number of primary amides is 1. The monoisotopic (exact) mass is 243 g/mol. The number of rotatable bonds is 0. The highest BCUT2D eigenvalue weighted by Crippen LogP contribution is 2.33. The molecule has 1 aliphatic rings. The first-order valence-corrected chi connectivity index (χ1v) is 5.84. The molecule has 0 radical (unpaired) electrons. The lowest BCUT2D eigenvalue weighted by molar-refractivity contribution is -0.149. The molecular weight excluding hydrogens is 218 g/mol. The number of amides is 2. The SMILES string of the molecule is C[C@H]1CC[C@H](C(C)(C)C)N(C(=O)C(N)=O)C1.N. The van der Waals surface area contributed by atoms with Crippen molar-refractivity contribution in [3.8, 4) is 0 Å². The summed E-state index contributed by atoms with van der Waals surface area (Å²) in [4.78, 5) is 24.4. The van der Waals surface area contributed by atoms with Gasteiger partial charge in [-0.25, -0.2) is 0 Å². The van der Waals surface area contributed by atoms with Gasteiger partial charge in [0.1, 0.15) is 0 Å². The second-order valence-electron chi connectivity index (χ2n) is 5.89. The Morgan fingerprint density at radius 2 is 1.76 bits per heavy atom. The number of piperidine rings is 1. The summed E-state index contributed by atoms with van der Waals surface area (Å²) in [5.74, 6) is -0.934. The van der Waals surface area contributed by atoms with Gasteiger partial charge in [-0.2, -0.15) is 0 Å². The maximum atomic E-state index is 11.8. The lowest BCUT2D eigenvalue weighted by Gasteiger charge is -2.44. The van der Waals surface area contributed by atoms with Crippen molar-refractivity contribution in [1.82, 2.24) is 11.1 Å². The average Bonchev–Trinajstić information content (AvgIpc) is 2.14. The zero-order chi connectivity index (χ0) is 12.5. The van der Waals surface area contributed by atoms with E-state index < -0.39 is 11.8 Å². The number of nitrogens with two attached hydrogens (primary N) is 1. The van der Waals surface area contributed by atoms with E-state index in [0.717, 1.165) is 12.8 Å². The summed E-state index contributed by atoms with van der Waals surface area (Å²) in [5.41, 5.74) is 5.08.